The predicted molar refractivity (Wildman–Crippen MR) is 68.1 cm³/mol. The lowest BCUT2D eigenvalue weighted by molar-refractivity contribution is 0.579. The number of hydrogen-bond donors (Lipinski definition) is 2. The third-order valence-electron chi connectivity index (χ3n) is 2.21. The minimum atomic E-state index is -3.77. The van der Waals surface area contributed by atoms with E-state index in [2.05, 4.69) is 19.9 Å². The summed E-state index contributed by atoms with van der Waals surface area (Å²) < 4.78 is 26.2. The molecule has 0 amide bonds. The molecule has 0 unspecified atom stereocenters. The molecule has 0 aromatic carbocycles. The molecule has 0 bridgehead atoms. The second kappa shape index (κ2) is 5.47. The van der Waals surface area contributed by atoms with Gasteiger partial charge in [-0.1, -0.05) is 11.6 Å². The highest BCUT2D eigenvalue weighted by atomic mass is 35.5. The fraction of sp³-hybridized carbons (Fsp3) is 0.100. The van der Waals surface area contributed by atoms with Crippen molar-refractivity contribution in [3.8, 4) is 0 Å². The number of aromatic amines is 1. The van der Waals surface area contributed by atoms with E-state index in [0.29, 0.717) is 5.69 Å². The number of H-pyrrole nitrogens is 1. The molecule has 0 saturated carbocycles. The first-order valence-corrected chi connectivity index (χ1v) is 6.99. The van der Waals surface area contributed by atoms with E-state index < -0.39 is 15.6 Å². The fourth-order valence-corrected chi connectivity index (χ4v) is 2.50. The molecule has 2 N–H and O–H groups in total. The zero-order valence-corrected chi connectivity index (χ0v) is 11.1. The van der Waals surface area contributed by atoms with Gasteiger partial charge in [0.15, 0.2) is 0 Å². The Balaban J connectivity index is 2.19. The van der Waals surface area contributed by atoms with Gasteiger partial charge in [-0.2, -0.15) is 10.2 Å². The molecule has 2 aromatic rings. The molecular formula is C10H9ClN4O3S. The quantitative estimate of drug-likeness (QED) is 0.845. The van der Waals surface area contributed by atoms with Gasteiger partial charge in [-0.15, -0.1) is 0 Å². The SMILES string of the molecule is O=c1[nH]cc(S(=O)(=O)NCc2cccnn2)cc1Cl. The summed E-state index contributed by atoms with van der Waals surface area (Å²) in [6, 6.07) is 4.36. The number of nitrogens with zero attached hydrogens (tertiary/aromatic N) is 2. The molecule has 2 heterocycles. The molecule has 0 spiro atoms. The van der Waals surface area contributed by atoms with Gasteiger partial charge >= 0.3 is 0 Å². The number of sulfonamides is 1. The lowest BCUT2D eigenvalue weighted by Crippen LogP contribution is -2.24. The Morgan fingerprint density at radius 2 is 2.21 bits per heavy atom. The van der Waals surface area contributed by atoms with E-state index in [1.54, 1.807) is 12.1 Å². The van der Waals surface area contributed by atoms with Crippen LogP contribution in [0.25, 0.3) is 0 Å². The average Bonchev–Trinajstić information content (AvgIpc) is 2.41. The Kier molecular flexibility index (Phi) is 3.93. The molecule has 9 heteroatoms. The van der Waals surface area contributed by atoms with E-state index in [1.807, 2.05) is 0 Å². The van der Waals surface area contributed by atoms with Crippen LogP contribution in [-0.2, 0) is 16.6 Å². The molecule has 0 fully saturated rings. The first kappa shape index (κ1) is 13.7. The van der Waals surface area contributed by atoms with Crippen LogP contribution < -0.4 is 10.3 Å². The van der Waals surface area contributed by atoms with Crippen LogP contribution in [0.15, 0.2) is 40.3 Å². The van der Waals surface area contributed by atoms with Crippen molar-refractivity contribution in [2.75, 3.05) is 0 Å². The highest BCUT2D eigenvalue weighted by molar-refractivity contribution is 7.89. The molecule has 0 aliphatic rings. The molecule has 7 nitrogen and oxygen atoms in total. The summed E-state index contributed by atoms with van der Waals surface area (Å²) in [5.74, 6) is 0. The standard InChI is InChI=1S/C10H9ClN4O3S/c11-9-4-8(6-12-10(9)16)19(17,18)14-5-7-2-1-3-13-15-7/h1-4,6,14H,5H2,(H,12,16). The second-order valence-electron chi connectivity index (χ2n) is 3.55. The first-order valence-electron chi connectivity index (χ1n) is 5.13. The summed E-state index contributed by atoms with van der Waals surface area (Å²) in [6.45, 7) is -0.00702. The molecule has 0 aliphatic heterocycles. The molecule has 0 aliphatic carbocycles. The van der Waals surface area contributed by atoms with Crippen LogP contribution in [0.4, 0.5) is 0 Å². The summed E-state index contributed by atoms with van der Waals surface area (Å²) in [7, 11) is -3.77. The van der Waals surface area contributed by atoms with Crippen molar-refractivity contribution in [3.05, 3.63) is 51.7 Å². The van der Waals surface area contributed by atoms with Gasteiger partial charge < -0.3 is 4.98 Å². The highest BCUT2D eigenvalue weighted by Gasteiger charge is 2.15. The maximum absolute atomic E-state index is 11.9. The Hall–Kier alpha value is -1.77. The minimum Gasteiger partial charge on any atom is -0.326 e. The summed E-state index contributed by atoms with van der Waals surface area (Å²) in [4.78, 5) is 13.2. The zero-order valence-electron chi connectivity index (χ0n) is 9.50. The zero-order chi connectivity index (χ0) is 13.9. The lowest BCUT2D eigenvalue weighted by atomic mass is 10.4. The van der Waals surface area contributed by atoms with Gasteiger partial charge in [-0.3, -0.25) is 4.79 Å². The van der Waals surface area contributed by atoms with Crippen molar-refractivity contribution < 1.29 is 8.42 Å². The normalized spacial score (nSPS) is 11.4. The van der Waals surface area contributed by atoms with Crippen LogP contribution in [0.2, 0.25) is 5.02 Å². The van der Waals surface area contributed by atoms with Gasteiger partial charge in [0.25, 0.3) is 5.56 Å². The highest BCUT2D eigenvalue weighted by Crippen LogP contribution is 2.10. The van der Waals surface area contributed by atoms with E-state index in [4.69, 9.17) is 11.6 Å². The van der Waals surface area contributed by atoms with Crippen LogP contribution >= 0.6 is 11.6 Å². The van der Waals surface area contributed by atoms with E-state index in [9.17, 15) is 13.2 Å². The second-order valence-corrected chi connectivity index (χ2v) is 5.73. The maximum Gasteiger partial charge on any atom is 0.266 e. The number of halogens is 1. The van der Waals surface area contributed by atoms with E-state index in [1.165, 1.54) is 6.20 Å². The summed E-state index contributed by atoms with van der Waals surface area (Å²) in [5, 5.41) is 7.18. The van der Waals surface area contributed by atoms with Crippen LogP contribution in [0, 0.1) is 0 Å². The number of aromatic nitrogens is 3. The largest absolute Gasteiger partial charge is 0.326 e. The van der Waals surface area contributed by atoms with Gasteiger partial charge in [-0.05, 0) is 18.2 Å². The first-order chi connectivity index (χ1) is 8.99. The van der Waals surface area contributed by atoms with Crippen LogP contribution in [0.5, 0.6) is 0 Å². The molecule has 0 radical (unpaired) electrons. The van der Waals surface area contributed by atoms with Crippen molar-refractivity contribution in [1.29, 1.82) is 0 Å². The summed E-state index contributed by atoms with van der Waals surface area (Å²) in [5.41, 5.74) is -0.0730. The number of nitrogens with one attached hydrogen (secondary N) is 2. The minimum absolute atomic E-state index is 0.00702. The maximum atomic E-state index is 11.9. The Labute approximate surface area is 113 Å². The lowest BCUT2D eigenvalue weighted by Gasteiger charge is -2.05. The molecule has 19 heavy (non-hydrogen) atoms. The van der Waals surface area contributed by atoms with Crippen molar-refractivity contribution >= 4 is 21.6 Å². The molecule has 2 aromatic heterocycles. The molecule has 2 rings (SSSR count). The smallest absolute Gasteiger partial charge is 0.266 e. The van der Waals surface area contributed by atoms with E-state index >= 15 is 0 Å². The fourth-order valence-electron chi connectivity index (χ4n) is 1.27. The third kappa shape index (κ3) is 3.37. The molecule has 0 saturated heterocycles. The molecular weight excluding hydrogens is 292 g/mol. The van der Waals surface area contributed by atoms with Crippen molar-refractivity contribution in [2.24, 2.45) is 0 Å². The number of pyridine rings is 1. The average molecular weight is 301 g/mol. The topological polar surface area (TPSA) is 105 Å². The van der Waals surface area contributed by atoms with Crippen molar-refractivity contribution in [1.82, 2.24) is 19.9 Å². The van der Waals surface area contributed by atoms with Crippen LogP contribution in [0.1, 0.15) is 5.69 Å². The molecule has 100 valence electrons. The van der Waals surface area contributed by atoms with Gasteiger partial charge in [-0.25, -0.2) is 13.1 Å². The monoisotopic (exact) mass is 300 g/mol. The van der Waals surface area contributed by atoms with Gasteiger partial charge in [0.1, 0.15) is 5.02 Å². The van der Waals surface area contributed by atoms with Crippen molar-refractivity contribution in [2.45, 2.75) is 11.4 Å². The number of hydrogen-bond acceptors (Lipinski definition) is 5. The molecule has 0 atom stereocenters. The number of rotatable bonds is 4. The Morgan fingerprint density at radius 1 is 1.42 bits per heavy atom. The van der Waals surface area contributed by atoms with Gasteiger partial charge in [0.2, 0.25) is 10.0 Å². The summed E-state index contributed by atoms with van der Waals surface area (Å²) >= 11 is 5.58. The van der Waals surface area contributed by atoms with Crippen molar-refractivity contribution in [3.63, 3.8) is 0 Å². The summed E-state index contributed by atoms with van der Waals surface area (Å²) in [6.07, 6.45) is 2.56. The Morgan fingerprint density at radius 3 is 2.84 bits per heavy atom. The van der Waals surface area contributed by atoms with Crippen LogP contribution in [-0.4, -0.2) is 23.6 Å². The predicted octanol–water partition coefficient (Wildman–Crippen LogP) is 0.297. The third-order valence-corrected chi connectivity index (χ3v) is 3.87. The van der Waals surface area contributed by atoms with E-state index in [-0.39, 0.29) is 16.5 Å². The van der Waals surface area contributed by atoms with E-state index in [0.717, 1.165) is 12.3 Å². The van der Waals surface area contributed by atoms with Gasteiger partial charge in [0.05, 0.1) is 17.1 Å². The Bertz CT molecular complexity index is 730. The van der Waals surface area contributed by atoms with Gasteiger partial charge in [0, 0.05) is 12.4 Å². The van der Waals surface area contributed by atoms with Crippen LogP contribution in [0.3, 0.4) is 0 Å².